The molecule has 96 valence electrons. The lowest BCUT2D eigenvalue weighted by molar-refractivity contribution is 0.365. The van der Waals surface area contributed by atoms with E-state index in [1.54, 1.807) is 12.7 Å². The molecule has 3 rings (SSSR count). The molecular weight excluding hydrogens is 228 g/mol. The first-order valence-corrected chi connectivity index (χ1v) is 6.40. The van der Waals surface area contributed by atoms with E-state index in [2.05, 4.69) is 31.8 Å². The zero-order chi connectivity index (χ0) is 12.5. The van der Waals surface area contributed by atoms with Crippen LogP contribution in [-0.2, 0) is 0 Å². The lowest BCUT2D eigenvalue weighted by Gasteiger charge is -2.38. The zero-order valence-corrected chi connectivity index (χ0v) is 10.5. The summed E-state index contributed by atoms with van der Waals surface area (Å²) in [6.45, 7) is 3.93. The van der Waals surface area contributed by atoms with Crippen molar-refractivity contribution in [1.29, 1.82) is 0 Å². The minimum Gasteiger partial charge on any atom is -0.350 e. The number of imidazole rings is 1. The maximum absolute atomic E-state index is 5.90. The molecule has 6 nitrogen and oxygen atoms in total. The van der Waals surface area contributed by atoms with Crippen LogP contribution in [0.1, 0.15) is 19.8 Å². The largest absolute Gasteiger partial charge is 0.350 e. The number of piperidine rings is 1. The fraction of sp³-hybridized carbons (Fsp3) is 0.583. The van der Waals surface area contributed by atoms with Crippen molar-refractivity contribution in [2.75, 3.05) is 18.0 Å². The molecule has 3 heterocycles. The first kappa shape index (κ1) is 11.4. The Balaban J connectivity index is 2.00. The number of nitrogens with two attached hydrogens (primary N) is 1. The average Bonchev–Trinajstić information content (AvgIpc) is 2.86. The van der Waals surface area contributed by atoms with Gasteiger partial charge in [0.25, 0.3) is 0 Å². The van der Waals surface area contributed by atoms with E-state index in [0.717, 1.165) is 35.9 Å². The van der Waals surface area contributed by atoms with Gasteiger partial charge in [-0.3, -0.25) is 0 Å². The van der Waals surface area contributed by atoms with Crippen LogP contribution in [-0.4, -0.2) is 39.1 Å². The first-order valence-electron chi connectivity index (χ1n) is 6.40. The Bertz CT molecular complexity index is 536. The van der Waals surface area contributed by atoms with Crippen LogP contribution in [0, 0.1) is 5.92 Å². The van der Waals surface area contributed by atoms with Crippen LogP contribution < -0.4 is 10.6 Å². The molecule has 0 radical (unpaired) electrons. The smallest absolute Gasteiger partial charge is 0.182 e. The highest BCUT2D eigenvalue weighted by molar-refractivity contribution is 5.82. The Kier molecular flexibility index (Phi) is 2.87. The van der Waals surface area contributed by atoms with Crippen molar-refractivity contribution in [3.05, 3.63) is 12.7 Å². The number of hydrogen-bond donors (Lipinski definition) is 2. The van der Waals surface area contributed by atoms with E-state index in [1.165, 1.54) is 6.42 Å². The topological polar surface area (TPSA) is 83.7 Å². The highest BCUT2D eigenvalue weighted by Gasteiger charge is 2.27. The Morgan fingerprint density at radius 1 is 1.44 bits per heavy atom. The molecule has 2 aromatic rings. The summed E-state index contributed by atoms with van der Waals surface area (Å²) in [5.41, 5.74) is 7.53. The third-order valence-corrected chi connectivity index (χ3v) is 3.73. The van der Waals surface area contributed by atoms with E-state index in [1.807, 2.05) is 0 Å². The number of H-pyrrole nitrogens is 1. The highest BCUT2D eigenvalue weighted by atomic mass is 15.2. The van der Waals surface area contributed by atoms with Crippen molar-refractivity contribution >= 4 is 17.0 Å². The van der Waals surface area contributed by atoms with Gasteiger partial charge in [0.15, 0.2) is 11.5 Å². The molecule has 1 fully saturated rings. The van der Waals surface area contributed by atoms with Crippen molar-refractivity contribution < 1.29 is 0 Å². The van der Waals surface area contributed by atoms with Gasteiger partial charge in [-0.05, 0) is 18.8 Å². The van der Waals surface area contributed by atoms with Crippen molar-refractivity contribution in [3.63, 3.8) is 0 Å². The molecule has 2 unspecified atom stereocenters. The number of anilines is 1. The van der Waals surface area contributed by atoms with Crippen LogP contribution in [0.3, 0.4) is 0 Å². The Morgan fingerprint density at radius 3 is 3.17 bits per heavy atom. The second kappa shape index (κ2) is 4.53. The van der Waals surface area contributed by atoms with Crippen LogP contribution in [0.25, 0.3) is 11.2 Å². The second-order valence-electron chi connectivity index (χ2n) is 5.01. The number of hydrogen-bond acceptors (Lipinski definition) is 5. The van der Waals surface area contributed by atoms with Crippen molar-refractivity contribution in [2.45, 2.75) is 25.8 Å². The van der Waals surface area contributed by atoms with Gasteiger partial charge in [-0.1, -0.05) is 6.92 Å². The fourth-order valence-corrected chi connectivity index (χ4v) is 2.72. The third kappa shape index (κ3) is 1.82. The molecule has 0 bridgehead atoms. The average molecular weight is 246 g/mol. The molecule has 0 spiro atoms. The molecule has 0 aromatic carbocycles. The number of fused-ring (bicyclic) bond motifs is 1. The Hall–Kier alpha value is -1.69. The van der Waals surface area contributed by atoms with Crippen LogP contribution >= 0.6 is 0 Å². The Labute approximate surface area is 106 Å². The van der Waals surface area contributed by atoms with Gasteiger partial charge < -0.3 is 15.6 Å². The van der Waals surface area contributed by atoms with Crippen LogP contribution in [0.5, 0.6) is 0 Å². The zero-order valence-electron chi connectivity index (χ0n) is 10.5. The maximum Gasteiger partial charge on any atom is 0.182 e. The lowest BCUT2D eigenvalue weighted by Crippen LogP contribution is -2.46. The normalized spacial score (nSPS) is 24.7. The fourth-order valence-electron chi connectivity index (χ4n) is 2.72. The summed E-state index contributed by atoms with van der Waals surface area (Å²) in [4.78, 5) is 18.2. The lowest BCUT2D eigenvalue weighted by atomic mass is 9.92. The van der Waals surface area contributed by atoms with Gasteiger partial charge in [0, 0.05) is 19.1 Å². The van der Waals surface area contributed by atoms with Crippen molar-refractivity contribution in [2.24, 2.45) is 11.7 Å². The van der Waals surface area contributed by atoms with Crippen molar-refractivity contribution in [3.8, 4) is 0 Å². The van der Waals surface area contributed by atoms with E-state index in [0.29, 0.717) is 12.6 Å². The first-order chi connectivity index (χ1) is 8.79. The summed E-state index contributed by atoms with van der Waals surface area (Å²) < 4.78 is 0. The number of aromatic amines is 1. The Morgan fingerprint density at radius 2 is 2.33 bits per heavy atom. The SMILES string of the molecule is CC1CCN(c2ncnc3nc[nH]c23)C(CN)C1. The predicted octanol–water partition coefficient (Wildman–Crippen LogP) is 0.917. The van der Waals surface area contributed by atoms with Gasteiger partial charge >= 0.3 is 0 Å². The van der Waals surface area contributed by atoms with E-state index in [9.17, 15) is 0 Å². The number of aromatic nitrogens is 4. The van der Waals surface area contributed by atoms with Crippen LogP contribution in [0.4, 0.5) is 5.82 Å². The maximum atomic E-state index is 5.90. The van der Waals surface area contributed by atoms with Gasteiger partial charge in [0.2, 0.25) is 0 Å². The molecule has 18 heavy (non-hydrogen) atoms. The summed E-state index contributed by atoms with van der Waals surface area (Å²) in [7, 11) is 0. The highest BCUT2D eigenvalue weighted by Crippen LogP contribution is 2.29. The molecule has 2 aromatic heterocycles. The van der Waals surface area contributed by atoms with Gasteiger partial charge in [0.1, 0.15) is 11.8 Å². The molecule has 2 atom stereocenters. The molecule has 1 aliphatic rings. The quantitative estimate of drug-likeness (QED) is 0.823. The van der Waals surface area contributed by atoms with Crippen molar-refractivity contribution in [1.82, 2.24) is 19.9 Å². The summed E-state index contributed by atoms with van der Waals surface area (Å²) in [5.74, 6) is 1.66. The van der Waals surface area contributed by atoms with E-state index >= 15 is 0 Å². The molecule has 0 amide bonds. The van der Waals surface area contributed by atoms with Gasteiger partial charge in [-0.15, -0.1) is 0 Å². The molecule has 1 saturated heterocycles. The van der Waals surface area contributed by atoms with Crippen LogP contribution in [0.15, 0.2) is 12.7 Å². The number of rotatable bonds is 2. The number of nitrogens with zero attached hydrogens (tertiary/aromatic N) is 4. The minimum atomic E-state index is 0.357. The predicted molar refractivity (Wildman–Crippen MR) is 70.3 cm³/mol. The molecule has 6 heteroatoms. The molecule has 0 saturated carbocycles. The molecule has 3 N–H and O–H groups in total. The summed E-state index contributed by atoms with van der Waals surface area (Å²) >= 11 is 0. The van der Waals surface area contributed by atoms with E-state index in [-0.39, 0.29) is 0 Å². The summed E-state index contributed by atoms with van der Waals surface area (Å²) in [6.07, 6.45) is 5.53. The monoisotopic (exact) mass is 246 g/mol. The van der Waals surface area contributed by atoms with E-state index in [4.69, 9.17) is 5.73 Å². The third-order valence-electron chi connectivity index (χ3n) is 3.73. The molecule has 1 aliphatic heterocycles. The van der Waals surface area contributed by atoms with Gasteiger partial charge in [-0.2, -0.15) is 0 Å². The molecular formula is C12H18N6. The van der Waals surface area contributed by atoms with Crippen LogP contribution in [0.2, 0.25) is 0 Å². The van der Waals surface area contributed by atoms with E-state index < -0.39 is 0 Å². The van der Waals surface area contributed by atoms with Gasteiger partial charge in [-0.25, -0.2) is 15.0 Å². The minimum absolute atomic E-state index is 0.357. The molecule has 0 aliphatic carbocycles. The standard InChI is InChI=1S/C12H18N6/c1-8-2-3-18(9(4-8)5-13)12-10-11(15-6-14-10)16-7-17-12/h6-9H,2-5,13H2,1H3,(H,14,15,16,17). The summed E-state index contributed by atoms with van der Waals surface area (Å²) in [5, 5.41) is 0. The second-order valence-corrected chi connectivity index (χ2v) is 5.01. The number of nitrogens with one attached hydrogen (secondary N) is 1. The van der Waals surface area contributed by atoms with Gasteiger partial charge in [0.05, 0.1) is 6.33 Å². The summed E-state index contributed by atoms with van der Waals surface area (Å²) in [6, 6.07) is 0.357.